The first-order valence-corrected chi connectivity index (χ1v) is 6.96. The van der Waals surface area contributed by atoms with Gasteiger partial charge in [-0.25, -0.2) is 9.18 Å². The second kappa shape index (κ2) is 5.20. The second-order valence-corrected chi connectivity index (χ2v) is 5.05. The zero-order chi connectivity index (χ0) is 15.8. The molecule has 4 rings (SSSR count). The summed E-state index contributed by atoms with van der Waals surface area (Å²) in [6.45, 7) is 0.155. The quantitative estimate of drug-likeness (QED) is 0.631. The van der Waals surface area contributed by atoms with E-state index in [2.05, 4.69) is 15.2 Å². The molecule has 0 spiro atoms. The van der Waals surface area contributed by atoms with Crippen molar-refractivity contribution in [2.45, 2.75) is 6.54 Å². The van der Waals surface area contributed by atoms with Crippen molar-refractivity contribution in [3.63, 3.8) is 0 Å². The first kappa shape index (κ1) is 13.4. The SMILES string of the molecule is O=c1[nH]c2c(F)c(Cn3ncc(-c4ccccc4)n3)ccc2o1. The molecule has 23 heavy (non-hydrogen) atoms. The van der Waals surface area contributed by atoms with Gasteiger partial charge in [0.1, 0.15) is 11.2 Å². The van der Waals surface area contributed by atoms with Crippen molar-refractivity contribution in [2.75, 3.05) is 0 Å². The lowest BCUT2D eigenvalue weighted by Crippen LogP contribution is -2.06. The fourth-order valence-electron chi connectivity index (χ4n) is 2.42. The molecule has 0 aliphatic rings. The normalized spacial score (nSPS) is 11.2. The number of nitrogens with zero attached hydrogens (tertiary/aromatic N) is 3. The Morgan fingerprint density at radius 3 is 2.83 bits per heavy atom. The summed E-state index contributed by atoms with van der Waals surface area (Å²) in [6, 6.07) is 12.7. The van der Waals surface area contributed by atoms with Crippen LogP contribution >= 0.6 is 0 Å². The lowest BCUT2D eigenvalue weighted by atomic mass is 10.2. The maximum Gasteiger partial charge on any atom is 0.417 e. The largest absolute Gasteiger partial charge is 0.417 e. The van der Waals surface area contributed by atoms with Crippen LogP contribution in [0.2, 0.25) is 0 Å². The highest BCUT2D eigenvalue weighted by Gasteiger charge is 2.13. The average molecular weight is 310 g/mol. The van der Waals surface area contributed by atoms with Crippen molar-refractivity contribution in [1.29, 1.82) is 0 Å². The molecule has 0 atom stereocenters. The summed E-state index contributed by atoms with van der Waals surface area (Å²) in [7, 11) is 0. The fraction of sp³-hybridized carbons (Fsp3) is 0.0625. The van der Waals surface area contributed by atoms with Gasteiger partial charge in [-0.2, -0.15) is 15.0 Å². The van der Waals surface area contributed by atoms with Gasteiger partial charge in [-0.1, -0.05) is 36.4 Å². The van der Waals surface area contributed by atoms with Crippen LogP contribution in [0, 0.1) is 5.82 Å². The Bertz CT molecular complexity index is 1030. The van der Waals surface area contributed by atoms with Crippen molar-refractivity contribution in [3.8, 4) is 11.3 Å². The third-order valence-corrected chi connectivity index (χ3v) is 3.53. The Hall–Kier alpha value is -3.22. The minimum absolute atomic E-state index is 0.0583. The number of aromatic amines is 1. The minimum atomic E-state index is -0.681. The van der Waals surface area contributed by atoms with Gasteiger partial charge in [-0.05, 0) is 6.07 Å². The van der Waals surface area contributed by atoms with E-state index in [9.17, 15) is 9.18 Å². The molecule has 0 amide bonds. The Labute approximate surface area is 129 Å². The highest BCUT2D eigenvalue weighted by molar-refractivity contribution is 5.73. The van der Waals surface area contributed by atoms with Crippen molar-refractivity contribution < 1.29 is 8.81 Å². The monoisotopic (exact) mass is 310 g/mol. The van der Waals surface area contributed by atoms with Gasteiger partial charge in [0.05, 0.1) is 12.7 Å². The molecule has 0 aliphatic carbocycles. The molecule has 1 N–H and O–H groups in total. The number of rotatable bonds is 3. The van der Waals surface area contributed by atoms with Crippen LogP contribution in [-0.2, 0) is 6.54 Å². The number of H-pyrrole nitrogens is 1. The smallest absolute Gasteiger partial charge is 0.408 e. The van der Waals surface area contributed by atoms with Gasteiger partial charge in [0.15, 0.2) is 11.4 Å². The maximum atomic E-state index is 14.4. The van der Waals surface area contributed by atoms with Gasteiger partial charge in [-0.15, -0.1) is 0 Å². The molecule has 2 aromatic heterocycles. The Morgan fingerprint density at radius 2 is 2.00 bits per heavy atom. The number of fused-ring (bicyclic) bond motifs is 1. The van der Waals surface area contributed by atoms with Crippen LogP contribution in [0.25, 0.3) is 22.4 Å². The Morgan fingerprint density at radius 1 is 1.17 bits per heavy atom. The molecule has 0 unspecified atom stereocenters. The molecule has 0 aliphatic heterocycles. The number of aromatic nitrogens is 4. The standard InChI is InChI=1S/C16H11FN4O2/c17-14-11(6-7-13-15(14)19-16(22)23-13)9-21-18-8-12(20-21)10-4-2-1-3-5-10/h1-8H,9H2,(H,19,22). The van der Waals surface area contributed by atoms with Crippen molar-refractivity contribution >= 4 is 11.1 Å². The Balaban J connectivity index is 1.67. The third kappa shape index (κ3) is 2.42. The van der Waals surface area contributed by atoms with Gasteiger partial charge in [0, 0.05) is 11.1 Å². The maximum absolute atomic E-state index is 14.4. The topological polar surface area (TPSA) is 76.7 Å². The van der Waals surface area contributed by atoms with Crippen molar-refractivity contribution in [2.24, 2.45) is 0 Å². The van der Waals surface area contributed by atoms with Crippen molar-refractivity contribution in [3.05, 3.63) is 70.6 Å². The van der Waals surface area contributed by atoms with Crippen molar-refractivity contribution in [1.82, 2.24) is 20.0 Å². The van der Waals surface area contributed by atoms with Crippen LogP contribution in [0.3, 0.4) is 0 Å². The molecule has 0 radical (unpaired) electrons. The minimum Gasteiger partial charge on any atom is -0.408 e. The van der Waals surface area contributed by atoms with Gasteiger partial charge in [-0.3, -0.25) is 4.98 Å². The first-order valence-electron chi connectivity index (χ1n) is 6.96. The van der Waals surface area contributed by atoms with Gasteiger partial charge < -0.3 is 4.42 Å². The predicted molar refractivity (Wildman–Crippen MR) is 81.4 cm³/mol. The summed E-state index contributed by atoms with van der Waals surface area (Å²) in [5, 5.41) is 8.50. The third-order valence-electron chi connectivity index (χ3n) is 3.53. The molecule has 2 aromatic carbocycles. The molecule has 114 valence electrons. The van der Waals surface area contributed by atoms with E-state index in [1.807, 2.05) is 30.3 Å². The highest BCUT2D eigenvalue weighted by atomic mass is 19.1. The van der Waals surface area contributed by atoms with E-state index in [-0.39, 0.29) is 17.6 Å². The molecular formula is C16H11FN4O2. The summed E-state index contributed by atoms with van der Waals surface area (Å²) in [6.07, 6.45) is 1.63. The van der Waals surface area contributed by atoms with E-state index in [4.69, 9.17) is 4.42 Å². The molecule has 0 saturated heterocycles. The fourth-order valence-corrected chi connectivity index (χ4v) is 2.42. The van der Waals surface area contributed by atoms with Crippen LogP contribution in [-0.4, -0.2) is 20.0 Å². The van der Waals surface area contributed by atoms with Crippen LogP contribution in [0.15, 0.2) is 57.9 Å². The van der Waals surface area contributed by atoms with Gasteiger partial charge in [0.2, 0.25) is 0 Å². The predicted octanol–water partition coefficient (Wildman–Crippen LogP) is 2.57. The molecule has 0 saturated carbocycles. The van der Waals surface area contributed by atoms with Gasteiger partial charge in [0.25, 0.3) is 0 Å². The summed E-state index contributed by atoms with van der Waals surface area (Å²) in [4.78, 5) is 14.9. The molecule has 4 aromatic rings. The summed E-state index contributed by atoms with van der Waals surface area (Å²) in [5.41, 5.74) is 2.26. The van der Waals surface area contributed by atoms with Crippen LogP contribution in [0.5, 0.6) is 0 Å². The van der Waals surface area contributed by atoms with E-state index in [0.29, 0.717) is 11.3 Å². The summed E-state index contributed by atoms with van der Waals surface area (Å²) < 4.78 is 19.2. The summed E-state index contributed by atoms with van der Waals surface area (Å²) >= 11 is 0. The van der Waals surface area contributed by atoms with E-state index in [1.165, 1.54) is 4.80 Å². The molecule has 2 heterocycles. The van der Waals surface area contributed by atoms with E-state index in [1.54, 1.807) is 18.3 Å². The van der Waals surface area contributed by atoms with Gasteiger partial charge >= 0.3 is 5.76 Å². The molecule has 7 heteroatoms. The average Bonchev–Trinajstić information content (AvgIpc) is 3.18. The zero-order valence-corrected chi connectivity index (χ0v) is 11.9. The van der Waals surface area contributed by atoms with Crippen LogP contribution < -0.4 is 5.76 Å². The number of hydrogen-bond acceptors (Lipinski definition) is 4. The molecule has 0 fully saturated rings. The second-order valence-electron chi connectivity index (χ2n) is 5.05. The molecular weight excluding hydrogens is 299 g/mol. The molecule has 0 bridgehead atoms. The summed E-state index contributed by atoms with van der Waals surface area (Å²) in [5.74, 6) is -1.22. The molecule has 6 nitrogen and oxygen atoms in total. The zero-order valence-electron chi connectivity index (χ0n) is 11.9. The number of nitrogens with one attached hydrogen (secondary N) is 1. The Kier molecular flexibility index (Phi) is 3.04. The lowest BCUT2D eigenvalue weighted by molar-refractivity contribution is 0.550. The van der Waals surface area contributed by atoms with Crippen LogP contribution in [0.4, 0.5) is 4.39 Å². The van der Waals surface area contributed by atoms with Crippen LogP contribution in [0.1, 0.15) is 5.56 Å². The highest BCUT2D eigenvalue weighted by Crippen LogP contribution is 2.20. The number of benzene rings is 2. The number of oxazole rings is 1. The van der Waals surface area contributed by atoms with E-state index in [0.717, 1.165) is 5.56 Å². The number of halogens is 1. The van der Waals surface area contributed by atoms with E-state index < -0.39 is 11.6 Å². The first-order chi connectivity index (χ1) is 11.2. The van der Waals surface area contributed by atoms with E-state index >= 15 is 0 Å². The lowest BCUT2D eigenvalue weighted by Gasteiger charge is -2.02. The number of hydrogen-bond donors (Lipinski definition) is 1.